The lowest BCUT2D eigenvalue weighted by atomic mass is 10.0. The van der Waals surface area contributed by atoms with E-state index in [1.807, 2.05) is 36.4 Å². The standard InChI is InChI=1S/C25H28N4O2/c1-18(2)20-5-3-19(4-6-20)17-26-25(30)22-9-7-21(8-10-22)23-11-12-24(28-27-23)29-13-15-31-16-14-29/h3-12,18H,13-17H2,1-2H3,(H,26,30). The molecule has 160 valence electrons. The molecule has 4 rings (SSSR count). The number of rotatable bonds is 6. The van der Waals surface area contributed by atoms with Gasteiger partial charge in [-0.2, -0.15) is 0 Å². The molecule has 1 aliphatic heterocycles. The average molecular weight is 417 g/mol. The molecule has 3 aromatic rings. The molecule has 0 atom stereocenters. The van der Waals surface area contributed by atoms with Gasteiger partial charge in [-0.05, 0) is 41.3 Å². The van der Waals surface area contributed by atoms with E-state index in [4.69, 9.17) is 4.74 Å². The van der Waals surface area contributed by atoms with Crippen LogP contribution in [-0.4, -0.2) is 42.4 Å². The molecule has 31 heavy (non-hydrogen) atoms. The molecule has 0 radical (unpaired) electrons. The van der Waals surface area contributed by atoms with Crippen molar-refractivity contribution in [1.29, 1.82) is 0 Å². The van der Waals surface area contributed by atoms with Gasteiger partial charge in [-0.25, -0.2) is 0 Å². The first kappa shape index (κ1) is 21.0. The second-order valence-corrected chi connectivity index (χ2v) is 8.03. The largest absolute Gasteiger partial charge is 0.378 e. The molecule has 1 amide bonds. The van der Waals surface area contributed by atoms with Crippen LogP contribution >= 0.6 is 0 Å². The molecule has 0 unspecified atom stereocenters. The zero-order valence-corrected chi connectivity index (χ0v) is 18.0. The Hall–Kier alpha value is -3.25. The van der Waals surface area contributed by atoms with E-state index in [-0.39, 0.29) is 5.91 Å². The van der Waals surface area contributed by atoms with E-state index in [0.29, 0.717) is 18.0 Å². The summed E-state index contributed by atoms with van der Waals surface area (Å²) < 4.78 is 5.38. The first-order valence-electron chi connectivity index (χ1n) is 10.7. The van der Waals surface area contributed by atoms with Crippen LogP contribution in [0.2, 0.25) is 0 Å². The molecule has 6 heteroatoms. The maximum atomic E-state index is 12.5. The van der Waals surface area contributed by atoms with Crippen molar-refractivity contribution in [3.8, 4) is 11.3 Å². The van der Waals surface area contributed by atoms with Crippen LogP contribution in [0.15, 0.2) is 60.7 Å². The quantitative estimate of drug-likeness (QED) is 0.657. The van der Waals surface area contributed by atoms with Crippen molar-refractivity contribution >= 4 is 11.7 Å². The number of aromatic nitrogens is 2. The third kappa shape index (κ3) is 5.27. The van der Waals surface area contributed by atoms with Gasteiger partial charge in [-0.15, -0.1) is 10.2 Å². The summed E-state index contributed by atoms with van der Waals surface area (Å²) in [6, 6.07) is 19.8. The minimum absolute atomic E-state index is 0.0896. The minimum Gasteiger partial charge on any atom is -0.378 e. The average Bonchev–Trinajstić information content (AvgIpc) is 2.83. The topological polar surface area (TPSA) is 67.4 Å². The number of benzene rings is 2. The number of hydrogen-bond donors (Lipinski definition) is 1. The van der Waals surface area contributed by atoms with Gasteiger partial charge in [-0.1, -0.05) is 50.2 Å². The van der Waals surface area contributed by atoms with Crippen LogP contribution < -0.4 is 10.2 Å². The highest BCUT2D eigenvalue weighted by Gasteiger charge is 2.13. The second-order valence-electron chi connectivity index (χ2n) is 8.03. The molecule has 0 saturated carbocycles. The van der Waals surface area contributed by atoms with E-state index in [1.165, 1.54) is 5.56 Å². The number of anilines is 1. The highest BCUT2D eigenvalue weighted by molar-refractivity contribution is 5.94. The molecular weight excluding hydrogens is 388 g/mol. The van der Waals surface area contributed by atoms with E-state index >= 15 is 0 Å². The van der Waals surface area contributed by atoms with Crippen molar-refractivity contribution < 1.29 is 9.53 Å². The van der Waals surface area contributed by atoms with Gasteiger partial charge in [0, 0.05) is 30.8 Å². The molecule has 0 bridgehead atoms. The first-order chi connectivity index (χ1) is 15.1. The molecule has 1 N–H and O–H groups in total. The number of nitrogens with one attached hydrogen (secondary N) is 1. The molecule has 1 saturated heterocycles. The molecule has 2 aromatic carbocycles. The predicted molar refractivity (Wildman–Crippen MR) is 122 cm³/mol. The van der Waals surface area contributed by atoms with E-state index < -0.39 is 0 Å². The van der Waals surface area contributed by atoms with Crippen molar-refractivity contribution in [3.63, 3.8) is 0 Å². The Bertz CT molecular complexity index is 993. The minimum atomic E-state index is -0.0896. The summed E-state index contributed by atoms with van der Waals surface area (Å²) in [4.78, 5) is 14.7. The Labute approximate surface area is 183 Å². The number of nitrogens with zero attached hydrogens (tertiary/aromatic N) is 3. The monoisotopic (exact) mass is 416 g/mol. The summed E-state index contributed by atoms with van der Waals surface area (Å²) in [5.41, 5.74) is 4.73. The molecule has 1 aliphatic rings. The number of morpholine rings is 1. The van der Waals surface area contributed by atoms with Crippen LogP contribution in [0.5, 0.6) is 0 Å². The molecule has 6 nitrogen and oxygen atoms in total. The summed E-state index contributed by atoms with van der Waals surface area (Å²) >= 11 is 0. The Kier molecular flexibility index (Phi) is 6.57. The molecule has 1 aromatic heterocycles. The van der Waals surface area contributed by atoms with Crippen LogP contribution in [0, 0.1) is 0 Å². The lowest BCUT2D eigenvalue weighted by molar-refractivity contribution is 0.0951. The number of ether oxygens (including phenoxy) is 1. The first-order valence-corrected chi connectivity index (χ1v) is 10.7. The summed E-state index contributed by atoms with van der Waals surface area (Å²) in [7, 11) is 0. The van der Waals surface area contributed by atoms with Gasteiger partial charge in [-0.3, -0.25) is 4.79 Å². The molecule has 0 aliphatic carbocycles. The van der Waals surface area contributed by atoms with Crippen molar-refractivity contribution in [3.05, 3.63) is 77.4 Å². The highest BCUT2D eigenvalue weighted by atomic mass is 16.5. The fourth-order valence-electron chi connectivity index (χ4n) is 3.54. The molecule has 1 fully saturated rings. The van der Waals surface area contributed by atoms with Crippen LogP contribution in [0.4, 0.5) is 5.82 Å². The Morgan fingerprint density at radius 3 is 2.29 bits per heavy atom. The highest BCUT2D eigenvalue weighted by Crippen LogP contribution is 2.20. The Morgan fingerprint density at radius 1 is 0.968 bits per heavy atom. The third-order valence-corrected chi connectivity index (χ3v) is 5.53. The SMILES string of the molecule is CC(C)c1ccc(CNC(=O)c2ccc(-c3ccc(N4CCOCC4)nn3)cc2)cc1. The van der Waals surface area contributed by atoms with Gasteiger partial charge in [0.25, 0.3) is 5.91 Å². The van der Waals surface area contributed by atoms with Gasteiger partial charge in [0.15, 0.2) is 5.82 Å². The van der Waals surface area contributed by atoms with Crippen LogP contribution in [0.3, 0.4) is 0 Å². The van der Waals surface area contributed by atoms with Gasteiger partial charge in [0.2, 0.25) is 0 Å². The van der Waals surface area contributed by atoms with Gasteiger partial charge < -0.3 is 15.0 Å². The van der Waals surface area contributed by atoms with E-state index in [2.05, 4.69) is 58.5 Å². The fraction of sp³-hybridized carbons (Fsp3) is 0.320. The lowest BCUT2D eigenvalue weighted by Gasteiger charge is -2.27. The molecule has 2 heterocycles. The molecule has 0 spiro atoms. The fourth-order valence-corrected chi connectivity index (χ4v) is 3.54. The van der Waals surface area contributed by atoms with Gasteiger partial charge in [0.05, 0.1) is 18.9 Å². The summed E-state index contributed by atoms with van der Waals surface area (Å²) in [6.45, 7) is 7.95. The van der Waals surface area contributed by atoms with E-state index in [9.17, 15) is 4.79 Å². The van der Waals surface area contributed by atoms with E-state index in [0.717, 1.165) is 48.9 Å². The maximum Gasteiger partial charge on any atom is 0.251 e. The van der Waals surface area contributed by atoms with Crippen LogP contribution in [0.25, 0.3) is 11.3 Å². The number of carbonyl (C=O) groups is 1. The van der Waals surface area contributed by atoms with Crippen molar-refractivity contribution in [2.75, 3.05) is 31.2 Å². The second kappa shape index (κ2) is 9.71. The smallest absolute Gasteiger partial charge is 0.251 e. The van der Waals surface area contributed by atoms with Gasteiger partial charge >= 0.3 is 0 Å². The third-order valence-electron chi connectivity index (χ3n) is 5.53. The zero-order valence-electron chi connectivity index (χ0n) is 18.0. The summed E-state index contributed by atoms with van der Waals surface area (Å²) in [5, 5.41) is 11.7. The maximum absolute atomic E-state index is 12.5. The van der Waals surface area contributed by atoms with Crippen molar-refractivity contribution in [2.24, 2.45) is 0 Å². The molecular formula is C25H28N4O2. The van der Waals surface area contributed by atoms with Crippen molar-refractivity contribution in [1.82, 2.24) is 15.5 Å². The number of hydrogen-bond acceptors (Lipinski definition) is 5. The summed E-state index contributed by atoms with van der Waals surface area (Å²) in [5.74, 6) is 1.28. The normalized spacial score (nSPS) is 14.0. The Morgan fingerprint density at radius 2 is 1.68 bits per heavy atom. The lowest BCUT2D eigenvalue weighted by Crippen LogP contribution is -2.36. The number of carbonyl (C=O) groups excluding carboxylic acids is 1. The zero-order chi connectivity index (χ0) is 21.6. The number of amides is 1. The van der Waals surface area contributed by atoms with Crippen LogP contribution in [-0.2, 0) is 11.3 Å². The Balaban J connectivity index is 1.35. The van der Waals surface area contributed by atoms with Crippen molar-refractivity contribution in [2.45, 2.75) is 26.3 Å². The van der Waals surface area contributed by atoms with Gasteiger partial charge in [0.1, 0.15) is 0 Å². The predicted octanol–water partition coefficient (Wildman–Crippen LogP) is 4.03. The van der Waals surface area contributed by atoms with Crippen LogP contribution in [0.1, 0.15) is 41.3 Å². The van der Waals surface area contributed by atoms with E-state index in [1.54, 1.807) is 0 Å². The summed E-state index contributed by atoms with van der Waals surface area (Å²) in [6.07, 6.45) is 0.